The van der Waals surface area contributed by atoms with Gasteiger partial charge in [0.1, 0.15) is 6.61 Å². The SMILES string of the molecule is C/C(=N\OCC(C)C)c1cccc(Cl)c1. The fourth-order valence-electron chi connectivity index (χ4n) is 1.05. The summed E-state index contributed by atoms with van der Waals surface area (Å²) in [6.07, 6.45) is 0. The Hall–Kier alpha value is -1.02. The molecular formula is C12H16ClNO. The summed E-state index contributed by atoms with van der Waals surface area (Å²) in [6.45, 7) is 6.72. The van der Waals surface area contributed by atoms with Crippen molar-refractivity contribution in [1.82, 2.24) is 0 Å². The molecule has 0 bridgehead atoms. The predicted octanol–water partition coefficient (Wildman–Crippen LogP) is 3.74. The van der Waals surface area contributed by atoms with Crippen molar-refractivity contribution in [2.24, 2.45) is 11.1 Å². The quantitative estimate of drug-likeness (QED) is 0.565. The smallest absolute Gasteiger partial charge is 0.119 e. The second-order valence-electron chi connectivity index (χ2n) is 3.88. The van der Waals surface area contributed by atoms with Crippen molar-refractivity contribution in [1.29, 1.82) is 0 Å². The molecule has 0 fully saturated rings. The van der Waals surface area contributed by atoms with Crippen LogP contribution in [0.15, 0.2) is 29.4 Å². The average molecular weight is 226 g/mol. The van der Waals surface area contributed by atoms with E-state index in [1.807, 2.05) is 31.2 Å². The van der Waals surface area contributed by atoms with Gasteiger partial charge < -0.3 is 4.84 Å². The van der Waals surface area contributed by atoms with E-state index in [4.69, 9.17) is 16.4 Å². The van der Waals surface area contributed by atoms with Crippen LogP contribution in [0.5, 0.6) is 0 Å². The number of benzene rings is 1. The summed E-state index contributed by atoms with van der Waals surface area (Å²) < 4.78 is 0. The van der Waals surface area contributed by atoms with Crippen LogP contribution in [0.1, 0.15) is 26.3 Å². The molecule has 0 amide bonds. The summed E-state index contributed by atoms with van der Waals surface area (Å²) in [5.74, 6) is 0.487. The zero-order valence-electron chi connectivity index (χ0n) is 9.33. The molecule has 3 heteroatoms. The van der Waals surface area contributed by atoms with Crippen LogP contribution in [-0.4, -0.2) is 12.3 Å². The topological polar surface area (TPSA) is 21.6 Å². The molecule has 0 aliphatic heterocycles. The molecule has 0 atom stereocenters. The lowest BCUT2D eigenvalue weighted by Crippen LogP contribution is -2.01. The average Bonchev–Trinajstić information content (AvgIpc) is 2.17. The van der Waals surface area contributed by atoms with E-state index in [2.05, 4.69) is 19.0 Å². The lowest BCUT2D eigenvalue weighted by molar-refractivity contribution is 0.118. The highest BCUT2D eigenvalue weighted by molar-refractivity contribution is 6.31. The van der Waals surface area contributed by atoms with Crippen molar-refractivity contribution in [3.05, 3.63) is 34.9 Å². The summed E-state index contributed by atoms with van der Waals surface area (Å²) in [5, 5.41) is 4.75. The zero-order valence-corrected chi connectivity index (χ0v) is 10.1. The maximum absolute atomic E-state index is 5.88. The highest BCUT2D eigenvalue weighted by atomic mass is 35.5. The van der Waals surface area contributed by atoms with Gasteiger partial charge in [-0.1, -0.05) is 42.7 Å². The van der Waals surface area contributed by atoms with E-state index in [1.165, 1.54) is 0 Å². The highest BCUT2D eigenvalue weighted by Crippen LogP contribution is 2.11. The number of hydrogen-bond acceptors (Lipinski definition) is 2. The predicted molar refractivity (Wildman–Crippen MR) is 64.5 cm³/mol. The van der Waals surface area contributed by atoms with Gasteiger partial charge in [0.15, 0.2) is 0 Å². The lowest BCUT2D eigenvalue weighted by Gasteiger charge is -2.04. The standard InChI is InChI=1S/C12H16ClNO/c1-9(2)8-15-14-10(3)11-5-4-6-12(13)7-11/h4-7,9H,8H2,1-3H3/b14-10+. The highest BCUT2D eigenvalue weighted by Gasteiger charge is 1.99. The number of hydrogen-bond donors (Lipinski definition) is 0. The Morgan fingerprint density at radius 2 is 2.20 bits per heavy atom. The number of oxime groups is 1. The van der Waals surface area contributed by atoms with Crippen molar-refractivity contribution >= 4 is 17.3 Å². The normalized spacial score (nSPS) is 11.9. The van der Waals surface area contributed by atoms with Crippen LogP contribution in [0.25, 0.3) is 0 Å². The molecule has 0 aliphatic rings. The van der Waals surface area contributed by atoms with Crippen molar-refractivity contribution in [3.63, 3.8) is 0 Å². The van der Waals surface area contributed by atoms with Crippen LogP contribution in [0.4, 0.5) is 0 Å². The van der Waals surface area contributed by atoms with Crippen molar-refractivity contribution < 1.29 is 4.84 Å². The summed E-state index contributed by atoms with van der Waals surface area (Å²) in [7, 11) is 0. The van der Waals surface area contributed by atoms with Crippen LogP contribution in [0.2, 0.25) is 5.02 Å². The molecule has 0 radical (unpaired) electrons. The van der Waals surface area contributed by atoms with Crippen molar-refractivity contribution in [2.45, 2.75) is 20.8 Å². The molecule has 0 aromatic heterocycles. The van der Waals surface area contributed by atoms with Gasteiger partial charge in [-0.3, -0.25) is 0 Å². The molecule has 82 valence electrons. The van der Waals surface area contributed by atoms with E-state index >= 15 is 0 Å². The summed E-state index contributed by atoms with van der Waals surface area (Å²) >= 11 is 5.88. The first-order valence-electron chi connectivity index (χ1n) is 5.02. The van der Waals surface area contributed by atoms with Gasteiger partial charge in [0.05, 0.1) is 5.71 Å². The Labute approximate surface area is 95.9 Å². The molecule has 0 unspecified atom stereocenters. The van der Waals surface area contributed by atoms with E-state index in [1.54, 1.807) is 0 Å². The number of nitrogens with zero attached hydrogens (tertiary/aromatic N) is 1. The maximum Gasteiger partial charge on any atom is 0.119 e. The molecule has 2 nitrogen and oxygen atoms in total. The third-order valence-electron chi connectivity index (χ3n) is 1.85. The number of rotatable bonds is 4. The summed E-state index contributed by atoms with van der Waals surface area (Å²) in [5.41, 5.74) is 1.84. The Balaban J connectivity index is 2.63. The maximum atomic E-state index is 5.88. The largest absolute Gasteiger partial charge is 0.395 e. The minimum absolute atomic E-state index is 0.487. The Bertz CT molecular complexity index is 347. The van der Waals surface area contributed by atoms with Gasteiger partial charge in [0.2, 0.25) is 0 Å². The zero-order chi connectivity index (χ0) is 11.3. The molecule has 0 aliphatic carbocycles. The minimum atomic E-state index is 0.487. The van der Waals surface area contributed by atoms with Crippen molar-refractivity contribution in [3.8, 4) is 0 Å². The fourth-order valence-corrected chi connectivity index (χ4v) is 1.24. The van der Waals surface area contributed by atoms with Gasteiger partial charge in [0, 0.05) is 10.6 Å². The fraction of sp³-hybridized carbons (Fsp3) is 0.417. The molecule has 1 rings (SSSR count). The summed E-state index contributed by atoms with van der Waals surface area (Å²) in [6, 6.07) is 7.58. The monoisotopic (exact) mass is 225 g/mol. The molecule has 1 aromatic carbocycles. The number of halogens is 1. The molecule has 1 aromatic rings. The van der Waals surface area contributed by atoms with Crippen molar-refractivity contribution in [2.75, 3.05) is 6.61 Å². The first kappa shape index (κ1) is 12.1. The van der Waals surface area contributed by atoms with Gasteiger partial charge >= 0.3 is 0 Å². The third kappa shape index (κ3) is 4.34. The van der Waals surface area contributed by atoms with Crippen LogP contribution < -0.4 is 0 Å². The van der Waals surface area contributed by atoms with E-state index in [0.29, 0.717) is 17.5 Å². The second-order valence-corrected chi connectivity index (χ2v) is 4.31. The summed E-state index contributed by atoms with van der Waals surface area (Å²) in [4.78, 5) is 5.20. The first-order valence-corrected chi connectivity index (χ1v) is 5.40. The van der Waals surface area contributed by atoms with E-state index in [-0.39, 0.29) is 0 Å². The molecule has 0 spiro atoms. The van der Waals surface area contributed by atoms with Crippen LogP contribution in [0.3, 0.4) is 0 Å². The Morgan fingerprint density at radius 3 is 2.80 bits per heavy atom. The van der Waals surface area contributed by atoms with Crippen LogP contribution in [-0.2, 0) is 4.84 Å². The molecule has 15 heavy (non-hydrogen) atoms. The lowest BCUT2D eigenvalue weighted by atomic mass is 10.1. The van der Waals surface area contributed by atoms with Gasteiger partial charge in [-0.25, -0.2) is 0 Å². The second kappa shape index (κ2) is 5.76. The van der Waals surface area contributed by atoms with Crippen LogP contribution in [0, 0.1) is 5.92 Å². The van der Waals surface area contributed by atoms with E-state index in [9.17, 15) is 0 Å². The molecular weight excluding hydrogens is 210 g/mol. The Kier molecular flexibility index (Phi) is 4.63. The first-order chi connectivity index (χ1) is 7.09. The minimum Gasteiger partial charge on any atom is -0.395 e. The van der Waals surface area contributed by atoms with E-state index < -0.39 is 0 Å². The molecule has 0 heterocycles. The molecule has 0 saturated carbocycles. The van der Waals surface area contributed by atoms with Gasteiger partial charge in [-0.2, -0.15) is 0 Å². The molecule has 0 N–H and O–H groups in total. The van der Waals surface area contributed by atoms with Gasteiger partial charge in [0.25, 0.3) is 0 Å². The van der Waals surface area contributed by atoms with Gasteiger partial charge in [-0.15, -0.1) is 0 Å². The third-order valence-corrected chi connectivity index (χ3v) is 2.09. The van der Waals surface area contributed by atoms with E-state index in [0.717, 1.165) is 11.3 Å². The molecule has 0 saturated heterocycles. The Morgan fingerprint density at radius 1 is 1.47 bits per heavy atom. The van der Waals surface area contributed by atoms with Gasteiger partial charge in [-0.05, 0) is 25.0 Å². The van der Waals surface area contributed by atoms with Crippen LogP contribution >= 0.6 is 11.6 Å².